The second-order valence-corrected chi connectivity index (χ2v) is 2.82. The summed E-state index contributed by atoms with van der Waals surface area (Å²) in [6, 6.07) is 4.07. The molecule has 0 bridgehead atoms. The molecular weight excluding hydrogens is 201 g/mol. The minimum atomic E-state index is -0.999. The first kappa shape index (κ1) is 11.3. The number of hydrogen-bond acceptors (Lipinski definition) is 3. The van der Waals surface area contributed by atoms with Crippen molar-refractivity contribution in [1.82, 2.24) is 0 Å². The SMILES string of the molecule is COc1ccc(C(O)CN=[N+]=[N-])cc1F. The summed E-state index contributed by atoms with van der Waals surface area (Å²) in [5.41, 5.74) is 8.40. The molecule has 1 unspecified atom stereocenters. The summed E-state index contributed by atoms with van der Waals surface area (Å²) < 4.78 is 17.9. The van der Waals surface area contributed by atoms with Crippen molar-refractivity contribution in [2.24, 2.45) is 5.11 Å². The van der Waals surface area contributed by atoms with E-state index in [2.05, 4.69) is 10.0 Å². The number of hydrogen-bond donors (Lipinski definition) is 1. The lowest BCUT2D eigenvalue weighted by Gasteiger charge is -2.09. The number of methoxy groups -OCH3 is 1. The molecule has 0 saturated carbocycles. The van der Waals surface area contributed by atoms with E-state index in [4.69, 9.17) is 10.3 Å². The minimum absolute atomic E-state index is 0.106. The molecule has 0 radical (unpaired) electrons. The molecular formula is C9H10FN3O2. The molecule has 5 nitrogen and oxygen atoms in total. The van der Waals surface area contributed by atoms with Crippen molar-refractivity contribution >= 4 is 0 Å². The highest BCUT2D eigenvalue weighted by molar-refractivity contribution is 5.30. The third-order valence-corrected chi connectivity index (χ3v) is 1.88. The van der Waals surface area contributed by atoms with Crippen LogP contribution >= 0.6 is 0 Å². The molecule has 6 heteroatoms. The third kappa shape index (κ3) is 2.83. The van der Waals surface area contributed by atoms with Gasteiger partial charge in [-0.15, -0.1) is 0 Å². The second kappa shape index (κ2) is 5.19. The smallest absolute Gasteiger partial charge is 0.165 e. The van der Waals surface area contributed by atoms with Crippen LogP contribution in [-0.4, -0.2) is 18.8 Å². The summed E-state index contributed by atoms with van der Waals surface area (Å²) in [6.45, 7) is -0.123. The normalized spacial score (nSPS) is 11.7. The van der Waals surface area contributed by atoms with Gasteiger partial charge in [0.15, 0.2) is 11.6 Å². The number of halogens is 1. The van der Waals surface area contributed by atoms with E-state index in [1.807, 2.05) is 0 Å². The monoisotopic (exact) mass is 211 g/mol. The fourth-order valence-corrected chi connectivity index (χ4v) is 1.11. The van der Waals surface area contributed by atoms with E-state index in [-0.39, 0.29) is 12.3 Å². The van der Waals surface area contributed by atoms with Gasteiger partial charge in [0.2, 0.25) is 0 Å². The van der Waals surface area contributed by atoms with Crippen LogP contribution in [-0.2, 0) is 0 Å². The molecule has 0 spiro atoms. The quantitative estimate of drug-likeness (QED) is 0.470. The molecule has 1 N–H and O–H groups in total. The van der Waals surface area contributed by atoms with Crippen LogP contribution in [0.25, 0.3) is 10.4 Å². The zero-order valence-electron chi connectivity index (χ0n) is 8.09. The molecule has 1 aromatic rings. The van der Waals surface area contributed by atoms with E-state index in [1.165, 1.54) is 19.2 Å². The second-order valence-electron chi connectivity index (χ2n) is 2.82. The van der Waals surface area contributed by atoms with Crippen molar-refractivity contribution in [2.45, 2.75) is 6.10 Å². The van der Waals surface area contributed by atoms with Gasteiger partial charge in [-0.1, -0.05) is 11.2 Å². The Kier molecular flexibility index (Phi) is 3.91. The molecule has 1 atom stereocenters. The average Bonchev–Trinajstić information content (AvgIpc) is 2.25. The van der Waals surface area contributed by atoms with Gasteiger partial charge >= 0.3 is 0 Å². The maximum absolute atomic E-state index is 13.2. The fraction of sp³-hybridized carbons (Fsp3) is 0.333. The number of aliphatic hydroxyl groups is 1. The Morgan fingerprint density at radius 2 is 2.40 bits per heavy atom. The first-order valence-corrected chi connectivity index (χ1v) is 4.21. The van der Waals surface area contributed by atoms with E-state index in [1.54, 1.807) is 0 Å². The van der Waals surface area contributed by atoms with E-state index < -0.39 is 11.9 Å². The first-order valence-electron chi connectivity index (χ1n) is 4.21. The molecule has 80 valence electrons. The highest BCUT2D eigenvalue weighted by Gasteiger charge is 2.09. The number of ether oxygens (including phenoxy) is 1. The number of nitrogens with zero attached hydrogens (tertiary/aromatic N) is 3. The van der Waals surface area contributed by atoms with E-state index in [9.17, 15) is 9.50 Å². The molecule has 0 aromatic heterocycles. The van der Waals surface area contributed by atoms with Crippen LogP contribution in [0.5, 0.6) is 5.75 Å². The van der Waals surface area contributed by atoms with E-state index in [0.717, 1.165) is 6.07 Å². The standard InChI is InChI=1S/C9H10FN3O2/c1-15-9-3-2-6(4-7(9)10)8(14)5-12-13-11/h2-4,8,14H,5H2,1H3. The van der Waals surface area contributed by atoms with Gasteiger partial charge in [-0.25, -0.2) is 4.39 Å². The van der Waals surface area contributed by atoms with Crippen LogP contribution < -0.4 is 4.74 Å². The highest BCUT2D eigenvalue weighted by Crippen LogP contribution is 2.21. The summed E-state index contributed by atoms with van der Waals surface area (Å²) in [4.78, 5) is 2.50. The Hall–Kier alpha value is -1.78. The lowest BCUT2D eigenvalue weighted by molar-refractivity contribution is 0.186. The van der Waals surface area contributed by atoms with Gasteiger partial charge in [0.05, 0.1) is 19.8 Å². The number of azide groups is 1. The summed E-state index contributed by atoms with van der Waals surface area (Å²) >= 11 is 0. The predicted octanol–water partition coefficient (Wildman–Crippen LogP) is 2.18. The maximum atomic E-state index is 13.2. The molecule has 1 aromatic carbocycles. The number of aliphatic hydroxyl groups excluding tert-OH is 1. The van der Waals surface area contributed by atoms with E-state index in [0.29, 0.717) is 5.56 Å². The molecule has 0 amide bonds. The first-order chi connectivity index (χ1) is 7.19. The zero-order valence-corrected chi connectivity index (χ0v) is 8.09. The number of rotatable bonds is 4. The lowest BCUT2D eigenvalue weighted by Crippen LogP contribution is -2.01. The van der Waals surface area contributed by atoms with Gasteiger partial charge in [-0.3, -0.25) is 0 Å². The number of benzene rings is 1. The van der Waals surface area contributed by atoms with Crippen LogP contribution in [0, 0.1) is 5.82 Å². The lowest BCUT2D eigenvalue weighted by atomic mass is 10.1. The Bertz CT molecular complexity index is 391. The molecule has 0 aliphatic carbocycles. The van der Waals surface area contributed by atoms with Gasteiger partial charge in [0.1, 0.15) is 0 Å². The van der Waals surface area contributed by atoms with Crippen molar-refractivity contribution < 1.29 is 14.2 Å². The van der Waals surface area contributed by atoms with Crippen molar-refractivity contribution in [2.75, 3.05) is 13.7 Å². The van der Waals surface area contributed by atoms with Crippen LogP contribution in [0.3, 0.4) is 0 Å². The largest absolute Gasteiger partial charge is 0.494 e. The average molecular weight is 211 g/mol. The van der Waals surface area contributed by atoms with Crippen molar-refractivity contribution in [3.05, 3.63) is 40.0 Å². The summed E-state index contributed by atoms with van der Waals surface area (Å²) in [6.07, 6.45) is -0.999. The topological polar surface area (TPSA) is 78.2 Å². The highest BCUT2D eigenvalue weighted by atomic mass is 19.1. The van der Waals surface area contributed by atoms with Crippen LogP contribution in [0.15, 0.2) is 23.3 Å². The third-order valence-electron chi connectivity index (χ3n) is 1.88. The maximum Gasteiger partial charge on any atom is 0.165 e. The molecule has 15 heavy (non-hydrogen) atoms. The molecule has 1 rings (SSSR count). The van der Waals surface area contributed by atoms with Crippen molar-refractivity contribution in [3.8, 4) is 5.75 Å². The van der Waals surface area contributed by atoms with Gasteiger partial charge in [0, 0.05) is 4.91 Å². The van der Waals surface area contributed by atoms with Gasteiger partial charge < -0.3 is 9.84 Å². The summed E-state index contributed by atoms with van der Waals surface area (Å²) in [5, 5.41) is 12.7. The molecule has 0 saturated heterocycles. The van der Waals surface area contributed by atoms with Crippen molar-refractivity contribution in [3.63, 3.8) is 0 Å². The van der Waals surface area contributed by atoms with Crippen LogP contribution in [0.1, 0.15) is 11.7 Å². The van der Waals surface area contributed by atoms with Gasteiger partial charge in [-0.2, -0.15) is 0 Å². The minimum Gasteiger partial charge on any atom is -0.494 e. The van der Waals surface area contributed by atoms with Crippen LogP contribution in [0.2, 0.25) is 0 Å². The van der Waals surface area contributed by atoms with E-state index >= 15 is 0 Å². The summed E-state index contributed by atoms with van der Waals surface area (Å²) in [7, 11) is 1.36. The van der Waals surface area contributed by atoms with Crippen LogP contribution in [0.4, 0.5) is 4.39 Å². The molecule has 0 aliphatic rings. The molecule has 0 heterocycles. The van der Waals surface area contributed by atoms with Gasteiger partial charge in [0.25, 0.3) is 0 Å². The fourth-order valence-electron chi connectivity index (χ4n) is 1.11. The van der Waals surface area contributed by atoms with Crippen molar-refractivity contribution in [1.29, 1.82) is 0 Å². The zero-order chi connectivity index (χ0) is 11.3. The Labute approximate surface area is 85.7 Å². The Morgan fingerprint density at radius 3 is 2.93 bits per heavy atom. The molecule has 0 fully saturated rings. The molecule has 0 aliphatic heterocycles. The Morgan fingerprint density at radius 1 is 1.67 bits per heavy atom. The van der Waals surface area contributed by atoms with Gasteiger partial charge in [-0.05, 0) is 23.2 Å². The Balaban J connectivity index is 2.86. The summed E-state index contributed by atoms with van der Waals surface area (Å²) in [5.74, 6) is -0.454. The predicted molar refractivity (Wildman–Crippen MR) is 51.9 cm³/mol.